The molecule has 2 heterocycles. The van der Waals surface area contributed by atoms with Gasteiger partial charge in [-0.2, -0.15) is 13.2 Å². The number of alkyl halides is 3. The molecular weight excluding hydrogens is 349 g/mol. The van der Waals surface area contributed by atoms with Gasteiger partial charge in [-0.05, 0) is 56.9 Å². The molecule has 142 valence electrons. The lowest BCUT2D eigenvalue weighted by Crippen LogP contribution is -2.36. The van der Waals surface area contributed by atoms with Crippen LogP contribution in [0.3, 0.4) is 0 Å². The summed E-state index contributed by atoms with van der Waals surface area (Å²) in [5.74, 6) is -0.519. The predicted octanol–water partition coefficient (Wildman–Crippen LogP) is 4.02. The van der Waals surface area contributed by atoms with Crippen molar-refractivity contribution in [3.8, 4) is 0 Å². The van der Waals surface area contributed by atoms with Crippen LogP contribution in [-0.4, -0.2) is 29.0 Å². The highest BCUT2D eigenvalue weighted by atomic mass is 19.4. The van der Waals surface area contributed by atoms with Gasteiger partial charge in [-0.15, -0.1) is 0 Å². The summed E-state index contributed by atoms with van der Waals surface area (Å²) in [5.41, 5.74) is -1.20. The van der Waals surface area contributed by atoms with Crippen LogP contribution in [0, 0.1) is 0 Å². The molecule has 3 rings (SSSR count). The maximum absolute atomic E-state index is 13.5. The summed E-state index contributed by atoms with van der Waals surface area (Å²) >= 11 is 0. The second-order valence-corrected chi connectivity index (χ2v) is 7.61. The normalized spacial score (nSPS) is 20.2. The maximum atomic E-state index is 13.5. The van der Waals surface area contributed by atoms with E-state index in [9.17, 15) is 22.8 Å². The van der Waals surface area contributed by atoms with Crippen LogP contribution in [-0.2, 0) is 17.5 Å². The minimum atomic E-state index is -4.57. The van der Waals surface area contributed by atoms with Gasteiger partial charge < -0.3 is 15.0 Å². The zero-order chi connectivity index (χ0) is 19.3. The van der Waals surface area contributed by atoms with Crippen molar-refractivity contribution in [3.05, 3.63) is 34.4 Å². The number of nitrogens with zero attached hydrogens (tertiary/aromatic N) is 1. The summed E-state index contributed by atoms with van der Waals surface area (Å²) < 4.78 is 45.8. The molecule has 1 N–H and O–H groups in total. The van der Waals surface area contributed by atoms with E-state index in [1.54, 1.807) is 20.8 Å². The molecule has 1 aromatic carbocycles. The van der Waals surface area contributed by atoms with E-state index in [4.69, 9.17) is 4.74 Å². The van der Waals surface area contributed by atoms with Crippen molar-refractivity contribution in [3.63, 3.8) is 0 Å². The monoisotopic (exact) mass is 370 g/mol. The first kappa shape index (κ1) is 18.5. The van der Waals surface area contributed by atoms with Gasteiger partial charge in [0.1, 0.15) is 5.60 Å². The minimum Gasteiger partial charge on any atom is -0.444 e. The number of hydrogen-bond acceptors (Lipinski definition) is 3. The Balaban J connectivity index is 1.99. The molecule has 0 spiro atoms. The lowest BCUT2D eigenvalue weighted by Gasteiger charge is -2.29. The number of fused-ring (bicyclic) bond motifs is 1. The van der Waals surface area contributed by atoms with E-state index in [-0.39, 0.29) is 17.7 Å². The third-order valence-electron chi connectivity index (χ3n) is 4.51. The molecule has 8 heteroatoms. The Labute approximate surface area is 149 Å². The van der Waals surface area contributed by atoms with E-state index < -0.39 is 35.4 Å². The van der Waals surface area contributed by atoms with Crippen molar-refractivity contribution < 1.29 is 27.5 Å². The van der Waals surface area contributed by atoms with Crippen LogP contribution in [0.5, 0.6) is 0 Å². The molecule has 2 aliphatic rings. The smallest absolute Gasteiger partial charge is 0.416 e. The van der Waals surface area contributed by atoms with Crippen LogP contribution < -0.4 is 5.32 Å². The summed E-state index contributed by atoms with van der Waals surface area (Å²) in [4.78, 5) is 25.8. The van der Waals surface area contributed by atoms with E-state index in [2.05, 4.69) is 5.32 Å². The number of carbonyl (C=O) groups is 2. The van der Waals surface area contributed by atoms with Gasteiger partial charge in [-0.25, -0.2) is 4.79 Å². The summed E-state index contributed by atoms with van der Waals surface area (Å²) in [6.45, 7) is 5.47. The maximum Gasteiger partial charge on any atom is 0.416 e. The van der Waals surface area contributed by atoms with E-state index in [0.29, 0.717) is 24.9 Å². The fourth-order valence-corrected chi connectivity index (χ4v) is 3.45. The van der Waals surface area contributed by atoms with Crippen LogP contribution in [0.4, 0.5) is 18.0 Å². The Bertz CT molecular complexity index is 753. The third-order valence-corrected chi connectivity index (χ3v) is 4.51. The molecule has 0 bridgehead atoms. The molecule has 1 atom stereocenters. The molecule has 1 unspecified atom stereocenters. The average Bonchev–Trinajstić information content (AvgIpc) is 3.11. The first-order valence-electron chi connectivity index (χ1n) is 8.49. The SMILES string of the molecule is CC(C)(C)OC(=O)N1CCCC1c1cc2c(c(C(F)(F)F)c1)CNC2=O. The van der Waals surface area contributed by atoms with E-state index in [1.165, 1.54) is 11.0 Å². The van der Waals surface area contributed by atoms with Crippen molar-refractivity contribution in [1.29, 1.82) is 0 Å². The van der Waals surface area contributed by atoms with Crippen molar-refractivity contribution in [1.82, 2.24) is 10.2 Å². The average molecular weight is 370 g/mol. The number of likely N-dealkylation sites (tertiary alicyclic amines) is 1. The van der Waals surface area contributed by atoms with Crippen LogP contribution in [0.2, 0.25) is 0 Å². The van der Waals surface area contributed by atoms with Crippen LogP contribution in [0.15, 0.2) is 12.1 Å². The fourth-order valence-electron chi connectivity index (χ4n) is 3.45. The minimum absolute atomic E-state index is 0.0332. The summed E-state index contributed by atoms with van der Waals surface area (Å²) in [6, 6.07) is 2.00. The van der Waals surface area contributed by atoms with Crippen molar-refractivity contribution >= 4 is 12.0 Å². The van der Waals surface area contributed by atoms with Crippen LogP contribution >= 0.6 is 0 Å². The second kappa shape index (κ2) is 6.17. The van der Waals surface area contributed by atoms with Crippen molar-refractivity contribution in [2.75, 3.05) is 6.54 Å². The molecule has 0 saturated carbocycles. The number of carbonyl (C=O) groups excluding carboxylic acids is 2. The molecule has 0 aromatic heterocycles. The highest BCUT2D eigenvalue weighted by Crippen LogP contribution is 2.40. The Morgan fingerprint density at radius 2 is 1.96 bits per heavy atom. The molecule has 2 amide bonds. The molecule has 1 fully saturated rings. The van der Waals surface area contributed by atoms with Gasteiger partial charge in [-0.3, -0.25) is 4.79 Å². The Hall–Kier alpha value is -2.25. The highest BCUT2D eigenvalue weighted by Gasteiger charge is 2.40. The number of rotatable bonds is 1. The Kier molecular flexibility index (Phi) is 4.40. The number of nitrogens with one attached hydrogen (secondary N) is 1. The van der Waals surface area contributed by atoms with Crippen LogP contribution in [0.25, 0.3) is 0 Å². The number of ether oxygens (including phenoxy) is 1. The summed E-state index contributed by atoms with van der Waals surface area (Å²) in [7, 11) is 0. The zero-order valence-electron chi connectivity index (χ0n) is 14.9. The number of amides is 2. The molecule has 26 heavy (non-hydrogen) atoms. The Morgan fingerprint density at radius 1 is 1.27 bits per heavy atom. The van der Waals surface area contributed by atoms with E-state index in [1.807, 2.05) is 0 Å². The van der Waals surface area contributed by atoms with Gasteiger partial charge in [0.05, 0.1) is 11.6 Å². The third kappa shape index (κ3) is 3.50. The summed E-state index contributed by atoms with van der Waals surface area (Å²) in [5, 5.41) is 2.44. The largest absolute Gasteiger partial charge is 0.444 e. The topological polar surface area (TPSA) is 58.6 Å². The quantitative estimate of drug-likeness (QED) is 0.812. The number of benzene rings is 1. The number of hydrogen-bond donors (Lipinski definition) is 1. The zero-order valence-corrected chi connectivity index (χ0v) is 14.9. The summed E-state index contributed by atoms with van der Waals surface area (Å²) in [6.07, 6.45) is -3.94. The van der Waals surface area contributed by atoms with E-state index in [0.717, 1.165) is 6.07 Å². The second-order valence-electron chi connectivity index (χ2n) is 7.61. The first-order valence-corrected chi connectivity index (χ1v) is 8.49. The van der Waals surface area contributed by atoms with Gasteiger partial charge in [0.15, 0.2) is 0 Å². The van der Waals surface area contributed by atoms with Crippen molar-refractivity contribution in [2.45, 2.75) is 58.0 Å². The molecule has 0 radical (unpaired) electrons. The standard InChI is InChI=1S/C18H21F3N2O3/c1-17(2,3)26-16(25)23-6-4-5-14(23)10-7-11-12(9-22-15(11)24)13(8-10)18(19,20)21/h7-8,14H,4-6,9H2,1-3H3,(H,22,24). The number of halogens is 3. The highest BCUT2D eigenvalue weighted by molar-refractivity contribution is 5.99. The van der Waals surface area contributed by atoms with E-state index >= 15 is 0 Å². The Morgan fingerprint density at radius 3 is 2.58 bits per heavy atom. The van der Waals surface area contributed by atoms with Gasteiger partial charge in [-0.1, -0.05) is 0 Å². The van der Waals surface area contributed by atoms with Crippen molar-refractivity contribution in [2.24, 2.45) is 0 Å². The predicted molar refractivity (Wildman–Crippen MR) is 87.5 cm³/mol. The molecule has 0 aliphatic carbocycles. The molecular formula is C18H21F3N2O3. The lowest BCUT2D eigenvalue weighted by atomic mass is 9.94. The molecule has 5 nitrogen and oxygen atoms in total. The fraction of sp³-hybridized carbons (Fsp3) is 0.556. The van der Waals surface area contributed by atoms with Gasteiger partial charge in [0.25, 0.3) is 5.91 Å². The molecule has 1 saturated heterocycles. The molecule has 2 aliphatic heterocycles. The van der Waals surface area contributed by atoms with Gasteiger partial charge in [0.2, 0.25) is 0 Å². The first-order chi connectivity index (χ1) is 12.0. The van der Waals surface area contributed by atoms with Gasteiger partial charge in [0, 0.05) is 18.7 Å². The molecule has 1 aromatic rings. The van der Waals surface area contributed by atoms with Gasteiger partial charge >= 0.3 is 12.3 Å². The lowest BCUT2D eigenvalue weighted by molar-refractivity contribution is -0.138. The van der Waals surface area contributed by atoms with Crippen LogP contribution in [0.1, 0.15) is 66.7 Å².